The molecule has 17 heavy (non-hydrogen) atoms. The Morgan fingerprint density at radius 3 is 2.65 bits per heavy atom. The van der Waals surface area contributed by atoms with Gasteiger partial charge in [0.2, 0.25) is 0 Å². The lowest BCUT2D eigenvalue weighted by atomic mass is 9.92. The number of rotatable bonds is 3. The molecular weight excluding hydrogens is 218 g/mol. The summed E-state index contributed by atoms with van der Waals surface area (Å²) in [5.74, 6) is 0.814. The van der Waals surface area contributed by atoms with E-state index in [1.807, 2.05) is 19.9 Å². The number of carbonyl (C=O) groups is 1. The summed E-state index contributed by atoms with van der Waals surface area (Å²) in [6, 6.07) is 1.82. The van der Waals surface area contributed by atoms with Crippen LogP contribution in [0.2, 0.25) is 0 Å². The lowest BCUT2D eigenvalue weighted by molar-refractivity contribution is 0.147. The number of anilines is 1. The molecule has 5 heteroatoms. The first kappa shape index (κ1) is 13.5. The number of amides is 1. The van der Waals surface area contributed by atoms with Gasteiger partial charge in [0.25, 0.3) is 0 Å². The van der Waals surface area contributed by atoms with Gasteiger partial charge in [-0.3, -0.25) is 10.4 Å². The van der Waals surface area contributed by atoms with Gasteiger partial charge < -0.3 is 4.74 Å². The molecule has 96 valence electrons. The fourth-order valence-corrected chi connectivity index (χ4v) is 1.15. The van der Waals surface area contributed by atoms with Gasteiger partial charge in [-0.25, -0.2) is 4.79 Å². The fraction of sp³-hybridized carbons (Fsp3) is 0.667. The molecule has 0 aliphatic rings. The highest BCUT2D eigenvalue weighted by molar-refractivity contribution is 5.83. The van der Waals surface area contributed by atoms with Crippen molar-refractivity contribution in [3.05, 3.63) is 11.8 Å². The van der Waals surface area contributed by atoms with Crippen molar-refractivity contribution >= 4 is 11.9 Å². The van der Waals surface area contributed by atoms with Crippen LogP contribution in [0.15, 0.2) is 6.07 Å². The molecule has 0 aliphatic carbocycles. The second-order valence-electron chi connectivity index (χ2n) is 5.53. The molecule has 2 N–H and O–H groups in total. The zero-order valence-corrected chi connectivity index (χ0v) is 11.1. The van der Waals surface area contributed by atoms with Crippen LogP contribution in [0.5, 0.6) is 0 Å². The second-order valence-corrected chi connectivity index (χ2v) is 5.53. The van der Waals surface area contributed by atoms with Gasteiger partial charge in [-0.05, 0) is 5.92 Å². The molecule has 1 aromatic heterocycles. The van der Waals surface area contributed by atoms with Crippen LogP contribution >= 0.6 is 0 Å². The molecular formula is C12H21N3O2. The lowest BCUT2D eigenvalue weighted by Gasteiger charge is -2.14. The van der Waals surface area contributed by atoms with Gasteiger partial charge in [0.15, 0.2) is 5.82 Å². The summed E-state index contributed by atoms with van der Waals surface area (Å²) in [6.45, 7) is 10.6. The van der Waals surface area contributed by atoms with Crippen LogP contribution in [-0.4, -0.2) is 22.9 Å². The van der Waals surface area contributed by atoms with Crippen LogP contribution in [0.1, 0.15) is 40.3 Å². The number of aromatic nitrogens is 2. The van der Waals surface area contributed by atoms with Crippen molar-refractivity contribution in [2.24, 2.45) is 5.92 Å². The van der Waals surface area contributed by atoms with Crippen molar-refractivity contribution in [3.63, 3.8) is 0 Å². The van der Waals surface area contributed by atoms with Gasteiger partial charge in [-0.15, -0.1) is 0 Å². The molecule has 0 saturated heterocycles. The third-order valence-corrected chi connectivity index (χ3v) is 2.16. The minimum Gasteiger partial charge on any atom is -0.449 e. The van der Waals surface area contributed by atoms with Gasteiger partial charge in [-0.1, -0.05) is 34.6 Å². The molecule has 0 unspecified atom stereocenters. The van der Waals surface area contributed by atoms with Crippen molar-refractivity contribution in [1.82, 2.24) is 10.2 Å². The van der Waals surface area contributed by atoms with Crippen LogP contribution in [0.25, 0.3) is 0 Å². The number of ether oxygens (including phenoxy) is 1. The normalized spacial score (nSPS) is 11.6. The Kier molecular flexibility index (Phi) is 4.15. The van der Waals surface area contributed by atoms with Crippen molar-refractivity contribution in [1.29, 1.82) is 0 Å². The molecule has 1 amide bonds. The quantitative estimate of drug-likeness (QED) is 0.852. The van der Waals surface area contributed by atoms with Crippen molar-refractivity contribution in [2.75, 3.05) is 11.9 Å². The van der Waals surface area contributed by atoms with Crippen molar-refractivity contribution in [3.8, 4) is 0 Å². The van der Waals surface area contributed by atoms with E-state index in [2.05, 4.69) is 36.3 Å². The first-order valence-electron chi connectivity index (χ1n) is 5.78. The predicted molar refractivity (Wildman–Crippen MR) is 67.1 cm³/mol. The number of carbonyl (C=O) groups excluding carboxylic acids is 1. The summed E-state index contributed by atoms with van der Waals surface area (Å²) in [7, 11) is 0. The molecule has 0 aliphatic heterocycles. The van der Waals surface area contributed by atoms with Gasteiger partial charge in [0.1, 0.15) is 0 Å². The van der Waals surface area contributed by atoms with E-state index < -0.39 is 6.09 Å². The zero-order valence-electron chi connectivity index (χ0n) is 11.1. The maximum atomic E-state index is 11.4. The Morgan fingerprint density at radius 1 is 1.53 bits per heavy atom. The van der Waals surface area contributed by atoms with Crippen LogP contribution < -0.4 is 5.32 Å². The predicted octanol–water partition coefficient (Wildman–Crippen LogP) is 2.91. The smallest absolute Gasteiger partial charge is 0.412 e. The number of H-pyrrole nitrogens is 1. The molecule has 1 rings (SSSR count). The van der Waals surface area contributed by atoms with E-state index in [0.29, 0.717) is 18.3 Å². The van der Waals surface area contributed by atoms with E-state index in [-0.39, 0.29) is 5.41 Å². The van der Waals surface area contributed by atoms with E-state index in [1.165, 1.54) is 0 Å². The number of hydrogen-bond acceptors (Lipinski definition) is 3. The Bertz CT molecular complexity index is 377. The molecule has 0 saturated carbocycles. The zero-order chi connectivity index (χ0) is 13.1. The monoisotopic (exact) mass is 239 g/mol. The average Bonchev–Trinajstić information content (AvgIpc) is 2.62. The molecule has 0 atom stereocenters. The second kappa shape index (κ2) is 5.21. The Morgan fingerprint density at radius 2 is 2.18 bits per heavy atom. The maximum absolute atomic E-state index is 11.4. The van der Waals surface area contributed by atoms with Gasteiger partial charge in [0.05, 0.1) is 6.61 Å². The summed E-state index contributed by atoms with van der Waals surface area (Å²) < 4.78 is 5.00. The maximum Gasteiger partial charge on any atom is 0.412 e. The van der Waals surface area contributed by atoms with Crippen LogP contribution in [-0.2, 0) is 10.2 Å². The highest BCUT2D eigenvalue weighted by atomic mass is 16.5. The van der Waals surface area contributed by atoms with Crippen LogP contribution in [0.3, 0.4) is 0 Å². The molecule has 0 bridgehead atoms. The molecule has 0 radical (unpaired) electrons. The topological polar surface area (TPSA) is 67.0 Å². The number of aromatic amines is 1. The van der Waals surface area contributed by atoms with Crippen LogP contribution in [0, 0.1) is 5.92 Å². The first-order chi connectivity index (χ1) is 7.79. The molecule has 5 nitrogen and oxygen atoms in total. The minimum atomic E-state index is -0.467. The van der Waals surface area contributed by atoms with Crippen LogP contribution in [0.4, 0.5) is 10.6 Å². The van der Waals surface area contributed by atoms with E-state index in [1.54, 1.807) is 0 Å². The standard InChI is InChI=1S/C12H21N3O2/c1-8(2)7-17-11(16)13-10-6-9(14-15-10)12(3,4)5/h6,8H,7H2,1-5H3,(H2,13,14,15,16). The largest absolute Gasteiger partial charge is 0.449 e. The molecule has 0 spiro atoms. The van der Waals surface area contributed by atoms with E-state index in [0.717, 1.165) is 5.69 Å². The van der Waals surface area contributed by atoms with Gasteiger partial charge in [-0.2, -0.15) is 5.10 Å². The molecule has 0 fully saturated rings. The molecule has 1 heterocycles. The minimum absolute atomic E-state index is 0.0191. The summed E-state index contributed by atoms with van der Waals surface area (Å²) >= 11 is 0. The Balaban J connectivity index is 2.52. The summed E-state index contributed by atoms with van der Waals surface area (Å²) in [4.78, 5) is 11.4. The molecule has 0 aromatic carbocycles. The third kappa shape index (κ3) is 4.46. The number of nitrogens with zero attached hydrogens (tertiary/aromatic N) is 1. The summed E-state index contributed by atoms with van der Waals surface area (Å²) in [6.07, 6.45) is -0.467. The highest BCUT2D eigenvalue weighted by Crippen LogP contribution is 2.21. The molecule has 1 aromatic rings. The third-order valence-electron chi connectivity index (χ3n) is 2.16. The Labute approximate surface area is 102 Å². The van der Waals surface area contributed by atoms with E-state index in [9.17, 15) is 4.79 Å². The van der Waals surface area contributed by atoms with Gasteiger partial charge in [0, 0.05) is 17.2 Å². The number of nitrogens with one attached hydrogen (secondary N) is 2. The summed E-state index contributed by atoms with van der Waals surface area (Å²) in [5, 5.41) is 9.49. The highest BCUT2D eigenvalue weighted by Gasteiger charge is 2.17. The summed E-state index contributed by atoms with van der Waals surface area (Å²) in [5.41, 5.74) is 0.950. The number of hydrogen-bond donors (Lipinski definition) is 2. The van der Waals surface area contributed by atoms with Gasteiger partial charge >= 0.3 is 6.09 Å². The first-order valence-corrected chi connectivity index (χ1v) is 5.78. The average molecular weight is 239 g/mol. The van der Waals surface area contributed by atoms with E-state index in [4.69, 9.17) is 4.74 Å². The van der Waals surface area contributed by atoms with Crippen molar-refractivity contribution < 1.29 is 9.53 Å². The Hall–Kier alpha value is -1.52. The van der Waals surface area contributed by atoms with Crippen molar-refractivity contribution in [2.45, 2.75) is 40.0 Å². The fourth-order valence-electron chi connectivity index (χ4n) is 1.15. The SMILES string of the molecule is CC(C)COC(=O)Nc1cc(C(C)(C)C)[nH]n1. The van der Waals surface area contributed by atoms with E-state index >= 15 is 0 Å². The lowest BCUT2D eigenvalue weighted by Crippen LogP contribution is -2.16.